The molecule has 1 fully saturated rings. The minimum atomic E-state index is -1.23. The van der Waals surface area contributed by atoms with Crippen molar-refractivity contribution in [3.63, 3.8) is 0 Å². The molecule has 3 N–H and O–H groups in total. The van der Waals surface area contributed by atoms with Gasteiger partial charge in [-0.05, 0) is 45.7 Å². The number of hydrogen-bond acceptors (Lipinski definition) is 4. The van der Waals surface area contributed by atoms with Gasteiger partial charge in [-0.15, -0.1) is 0 Å². The lowest BCUT2D eigenvalue weighted by Crippen LogP contribution is -2.50. The summed E-state index contributed by atoms with van der Waals surface area (Å²) in [7, 11) is 0. The normalized spacial score (nSPS) is 18.8. The molecule has 2 rings (SSSR count). The molecule has 134 valence electrons. The molecule has 1 aromatic rings. The van der Waals surface area contributed by atoms with E-state index in [2.05, 4.69) is 22.1 Å². The number of amides is 2. The van der Waals surface area contributed by atoms with Crippen molar-refractivity contribution >= 4 is 6.03 Å². The molecular formula is C18H29N3O3. The maximum Gasteiger partial charge on any atom is 0.315 e. The summed E-state index contributed by atoms with van der Waals surface area (Å²) in [6.07, 6.45) is 1.85. The van der Waals surface area contributed by atoms with Gasteiger partial charge in [-0.2, -0.15) is 0 Å². The lowest BCUT2D eigenvalue weighted by molar-refractivity contribution is 0.0358. The zero-order chi connectivity index (χ0) is 17.7. The van der Waals surface area contributed by atoms with Crippen LogP contribution in [0.3, 0.4) is 0 Å². The Bertz CT molecular complexity index is 572. The predicted octanol–water partition coefficient (Wildman–Crippen LogP) is 2.14. The molecule has 1 aliphatic rings. The number of aryl methyl sites for hydroxylation is 1. The molecule has 0 aromatic carbocycles. The molecule has 0 bridgehead atoms. The number of carbonyl (C=O) groups excluding carboxylic acids is 1. The summed E-state index contributed by atoms with van der Waals surface area (Å²) in [6.45, 7) is 12.4. The van der Waals surface area contributed by atoms with Gasteiger partial charge in [0, 0.05) is 25.7 Å². The van der Waals surface area contributed by atoms with Gasteiger partial charge in [-0.1, -0.05) is 12.2 Å². The van der Waals surface area contributed by atoms with E-state index in [4.69, 9.17) is 4.42 Å². The molecule has 1 atom stereocenters. The molecule has 1 aliphatic heterocycles. The van der Waals surface area contributed by atoms with Crippen LogP contribution >= 0.6 is 0 Å². The molecule has 6 nitrogen and oxygen atoms in total. The number of piperidine rings is 1. The smallest absolute Gasteiger partial charge is 0.315 e. The second kappa shape index (κ2) is 7.85. The second-order valence-corrected chi connectivity index (χ2v) is 7.02. The van der Waals surface area contributed by atoms with E-state index in [-0.39, 0.29) is 18.6 Å². The van der Waals surface area contributed by atoms with Crippen LogP contribution < -0.4 is 10.6 Å². The van der Waals surface area contributed by atoms with Gasteiger partial charge >= 0.3 is 6.03 Å². The minimum Gasteiger partial charge on any atom is -0.463 e. The van der Waals surface area contributed by atoms with Gasteiger partial charge in [0.2, 0.25) is 0 Å². The lowest BCUT2D eigenvalue weighted by Gasteiger charge is -2.32. The average molecular weight is 335 g/mol. The number of nitrogens with zero attached hydrogens (tertiary/aromatic N) is 1. The Morgan fingerprint density at radius 1 is 1.46 bits per heavy atom. The summed E-state index contributed by atoms with van der Waals surface area (Å²) in [4.78, 5) is 14.4. The summed E-state index contributed by atoms with van der Waals surface area (Å²) in [6, 6.07) is 3.44. The SMILES string of the molecule is C=C(C)CN1CCC(NC(=O)NCC(C)(O)c2ccc(C)o2)CC1. The first kappa shape index (κ1) is 18.5. The van der Waals surface area contributed by atoms with Crippen LogP contribution in [0.5, 0.6) is 0 Å². The first-order chi connectivity index (χ1) is 11.3. The van der Waals surface area contributed by atoms with Crippen LogP contribution in [0.1, 0.15) is 38.2 Å². The summed E-state index contributed by atoms with van der Waals surface area (Å²) in [5, 5.41) is 16.1. The number of rotatable bonds is 6. The maximum atomic E-state index is 12.1. The van der Waals surface area contributed by atoms with Crippen molar-refractivity contribution in [3.05, 3.63) is 35.8 Å². The highest BCUT2D eigenvalue weighted by Crippen LogP contribution is 2.21. The summed E-state index contributed by atoms with van der Waals surface area (Å²) >= 11 is 0. The van der Waals surface area contributed by atoms with Crippen molar-refractivity contribution in [3.8, 4) is 0 Å². The average Bonchev–Trinajstić information content (AvgIpc) is 2.94. The highest BCUT2D eigenvalue weighted by atomic mass is 16.4. The van der Waals surface area contributed by atoms with Crippen LogP contribution in [0.25, 0.3) is 0 Å². The molecule has 0 aliphatic carbocycles. The standard InChI is InChI=1S/C18H29N3O3/c1-13(2)11-21-9-7-15(8-10-21)20-17(22)19-12-18(4,23)16-6-5-14(3)24-16/h5-6,15,23H,1,7-12H2,2-4H3,(H2,19,20,22). The molecular weight excluding hydrogens is 306 g/mol. The van der Waals surface area contributed by atoms with Crippen LogP contribution in [-0.4, -0.2) is 48.3 Å². The summed E-state index contributed by atoms with van der Waals surface area (Å²) < 4.78 is 5.44. The van der Waals surface area contributed by atoms with Gasteiger partial charge in [-0.3, -0.25) is 4.90 Å². The number of carbonyl (C=O) groups is 1. The molecule has 0 spiro atoms. The first-order valence-electron chi connectivity index (χ1n) is 8.46. The highest BCUT2D eigenvalue weighted by Gasteiger charge is 2.28. The van der Waals surface area contributed by atoms with Gasteiger partial charge in [-0.25, -0.2) is 4.79 Å². The van der Waals surface area contributed by atoms with E-state index < -0.39 is 5.60 Å². The van der Waals surface area contributed by atoms with E-state index in [1.54, 1.807) is 19.1 Å². The number of aliphatic hydroxyl groups is 1. The van der Waals surface area contributed by atoms with E-state index in [0.29, 0.717) is 5.76 Å². The van der Waals surface area contributed by atoms with Crippen molar-refractivity contribution in [2.24, 2.45) is 0 Å². The Morgan fingerprint density at radius 3 is 2.67 bits per heavy atom. The number of furan rings is 1. The quantitative estimate of drug-likeness (QED) is 0.696. The van der Waals surface area contributed by atoms with E-state index in [1.807, 2.05) is 13.8 Å². The van der Waals surface area contributed by atoms with E-state index in [1.165, 1.54) is 0 Å². The Labute approximate surface area is 143 Å². The van der Waals surface area contributed by atoms with Crippen molar-refractivity contribution < 1.29 is 14.3 Å². The van der Waals surface area contributed by atoms with Crippen molar-refractivity contribution in [2.75, 3.05) is 26.2 Å². The third kappa shape index (κ3) is 5.39. The van der Waals surface area contributed by atoms with E-state index >= 15 is 0 Å². The Balaban J connectivity index is 1.73. The van der Waals surface area contributed by atoms with E-state index in [0.717, 1.165) is 43.8 Å². The van der Waals surface area contributed by atoms with Crippen LogP contribution in [-0.2, 0) is 5.60 Å². The number of hydrogen-bond donors (Lipinski definition) is 3. The fourth-order valence-electron chi connectivity index (χ4n) is 2.92. The number of likely N-dealkylation sites (tertiary alicyclic amines) is 1. The van der Waals surface area contributed by atoms with Crippen LogP contribution in [0, 0.1) is 6.92 Å². The maximum absolute atomic E-state index is 12.1. The monoisotopic (exact) mass is 335 g/mol. The molecule has 0 saturated carbocycles. The molecule has 1 unspecified atom stereocenters. The number of nitrogens with one attached hydrogen (secondary N) is 2. The Morgan fingerprint density at radius 2 is 2.12 bits per heavy atom. The fraction of sp³-hybridized carbons (Fsp3) is 0.611. The zero-order valence-corrected chi connectivity index (χ0v) is 14.9. The topological polar surface area (TPSA) is 77.7 Å². The van der Waals surface area contributed by atoms with Crippen LogP contribution in [0.4, 0.5) is 4.79 Å². The molecule has 24 heavy (non-hydrogen) atoms. The number of urea groups is 1. The third-order valence-electron chi connectivity index (χ3n) is 4.28. The van der Waals surface area contributed by atoms with Crippen LogP contribution in [0.15, 0.2) is 28.7 Å². The first-order valence-corrected chi connectivity index (χ1v) is 8.46. The highest BCUT2D eigenvalue weighted by molar-refractivity contribution is 5.74. The largest absolute Gasteiger partial charge is 0.463 e. The third-order valence-corrected chi connectivity index (χ3v) is 4.28. The molecule has 1 saturated heterocycles. The molecule has 0 radical (unpaired) electrons. The van der Waals surface area contributed by atoms with Gasteiger partial charge in [0.05, 0.1) is 6.54 Å². The van der Waals surface area contributed by atoms with Crippen molar-refractivity contribution in [2.45, 2.75) is 45.3 Å². The Hall–Kier alpha value is -1.79. The second-order valence-electron chi connectivity index (χ2n) is 7.02. The lowest BCUT2D eigenvalue weighted by atomic mass is 10.0. The van der Waals surface area contributed by atoms with Gasteiger partial charge < -0.3 is 20.2 Å². The minimum absolute atomic E-state index is 0.0975. The summed E-state index contributed by atoms with van der Waals surface area (Å²) in [5.41, 5.74) is -0.0641. The van der Waals surface area contributed by atoms with Crippen LogP contribution in [0.2, 0.25) is 0 Å². The zero-order valence-electron chi connectivity index (χ0n) is 14.9. The van der Waals surface area contributed by atoms with Gasteiger partial charge in [0.1, 0.15) is 17.1 Å². The van der Waals surface area contributed by atoms with Gasteiger partial charge in [0.25, 0.3) is 0 Å². The summed E-state index contributed by atoms with van der Waals surface area (Å²) in [5.74, 6) is 1.18. The van der Waals surface area contributed by atoms with Crippen molar-refractivity contribution in [1.29, 1.82) is 0 Å². The van der Waals surface area contributed by atoms with Crippen molar-refractivity contribution in [1.82, 2.24) is 15.5 Å². The molecule has 6 heteroatoms. The van der Waals surface area contributed by atoms with Gasteiger partial charge in [0.15, 0.2) is 0 Å². The predicted molar refractivity (Wildman–Crippen MR) is 93.8 cm³/mol. The Kier molecular flexibility index (Phi) is 6.07. The molecule has 2 amide bonds. The molecule has 2 heterocycles. The fourth-order valence-corrected chi connectivity index (χ4v) is 2.92. The van der Waals surface area contributed by atoms with E-state index in [9.17, 15) is 9.90 Å². The molecule has 1 aromatic heterocycles.